The second-order valence-corrected chi connectivity index (χ2v) is 8.19. The van der Waals surface area contributed by atoms with Gasteiger partial charge in [0, 0.05) is 6.54 Å². The first-order valence-corrected chi connectivity index (χ1v) is 9.98. The Morgan fingerprint density at radius 3 is 2.10 bits per heavy atom. The summed E-state index contributed by atoms with van der Waals surface area (Å²) in [4.78, 5) is 61.4. The van der Waals surface area contributed by atoms with Crippen LogP contribution in [0.4, 0.5) is 0 Å². The summed E-state index contributed by atoms with van der Waals surface area (Å²) in [7, 11) is 0. The number of likely N-dealkylation sites (tertiary alicyclic amines) is 1. The van der Waals surface area contributed by atoms with Gasteiger partial charge in [0.15, 0.2) is 0 Å². The van der Waals surface area contributed by atoms with Gasteiger partial charge < -0.3 is 31.5 Å². The van der Waals surface area contributed by atoms with Crippen LogP contribution in [0.5, 0.6) is 0 Å². The molecule has 0 aromatic carbocycles. The lowest BCUT2D eigenvalue weighted by atomic mass is 9.99. The first-order valence-electron chi connectivity index (χ1n) is 9.98. The molecule has 4 unspecified atom stereocenters. The fourth-order valence-corrected chi connectivity index (χ4v) is 3.19. The Morgan fingerprint density at radius 1 is 1.03 bits per heavy atom. The van der Waals surface area contributed by atoms with E-state index in [1.165, 1.54) is 4.90 Å². The van der Waals surface area contributed by atoms with Crippen LogP contribution in [-0.2, 0) is 24.0 Å². The van der Waals surface area contributed by atoms with Crippen LogP contribution in [0.3, 0.4) is 0 Å². The zero-order valence-corrected chi connectivity index (χ0v) is 17.8. The van der Waals surface area contributed by atoms with Crippen molar-refractivity contribution in [2.45, 2.75) is 71.1 Å². The van der Waals surface area contributed by atoms with E-state index < -0.39 is 60.2 Å². The summed E-state index contributed by atoms with van der Waals surface area (Å²) >= 11 is 0. The molecule has 0 aromatic rings. The predicted molar refractivity (Wildman–Crippen MR) is 106 cm³/mol. The highest BCUT2D eigenvalue weighted by molar-refractivity contribution is 5.95. The Morgan fingerprint density at radius 2 is 1.63 bits per heavy atom. The number of amides is 3. The summed E-state index contributed by atoms with van der Waals surface area (Å²) < 4.78 is 0. The van der Waals surface area contributed by atoms with Gasteiger partial charge in [0.2, 0.25) is 17.7 Å². The molecule has 1 rings (SSSR count). The topological polar surface area (TPSA) is 179 Å². The Labute approximate surface area is 175 Å². The van der Waals surface area contributed by atoms with Crippen molar-refractivity contribution in [3.8, 4) is 0 Å². The van der Waals surface area contributed by atoms with E-state index in [1.807, 2.05) is 0 Å². The van der Waals surface area contributed by atoms with Crippen molar-refractivity contribution in [1.29, 1.82) is 0 Å². The third-order valence-corrected chi connectivity index (χ3v) is 5.08. The standard InChI is InChI=1S/C19H32N4O7/c1-9(2)14(20)17(27)22-15(10(3)4)18(28)23-7-5-6-12(23)16(26)21-11(19(29)30)8-13(24)25/h9-12,14-15H,5-8,20H2,1-4H3,(H,21,26)(H,22,27)(H,24,25)(H,29,30). The molecule has 11 nitrogen and oxygen atoms in total. The quantitative estimate of drug-likeness (QED) is 0.298. The van der Waals surface area contributed by atoms with Crippen LogP contribution in [0.15, 0.2) is 0 Å². The average molecular weight is 428 g/mol. The van der Waals surface area contributed by atoms with Gasteiger partial charge in [-0.25, -0.2) is 4.79 Å². The molecule has 0 spiro atoms. The number of carboxylic acids is 2. The van der Waals surface area contributed by atoms with Crippen molar-refractivity contribution in [3.63, 3.8) is 0 Å². The lowest BCUT2D eigenvalue weighted by molar-refractivity contribution is -0.148. The van der Waals surface area contributed by atoms with E-state index in [2.05, 4.69) is 10.6 Å². The number of carbonyl (C=O) groups excluding carboxylic acids is 3. The van der Waals surface area contributed by atoms with Crippen LogP contribution in [0, 0.1) is 11.8 Å². The number of aliphatic carboxylic acids is 2. The number of carboxylic acid groups (broad SMARTS) is 2. The van der Waals surface area contributed by atoms with Crippen molar-refractivity contribution in [3.05, 3.63) is 0 Å². The minimum absolute atomic E-state index is 0.125. The van der Waals surface area contributed by atoms with Crippen LogP contribution in [0.1, 0.15) is 47.0 Å². The van der Waals surface area contributed by atoms with Gasteiger partial charge in [-0.1, -0.05) is 27.7 Å². The number of nitrogens with zero attached hydrogens (tertiary/aromatic N) is 1. The highest BCUT2D eigenvalue weighted by Crippen LogP contribution is 2.21. The Balaban J connectivity index is 2.94. The lowest BCUT2D eigenvalue weighted by Gasteiger charge is -2.31. The zero-order valence-electron chi connectivity index (χ0n) is 17.8. The van der Waals surface area contributed by atoms with Gasteiger partial charge in [-0.3, -0.25) is 19.2 Å². The maximum atomic E-state index is 13.1. The summed E-state index contributed by atoms with van der Waals surface area (Å²) in [6.45, 7) is 7.34. The van der Waals surface area contributed by atoms with Gasteiger partial charge in [0.1, 0.15) is 18.1 Å². The van der Waals surface area contributed by atoms with E-state index in [0.29, 0.717) is 12.8 Å². The van der Waals surface area contributed by atoms with Crippen molar-refractivity contribution < 1.29 is 34.2 Å². The molecule has 0 bridgehead atoms. The fourth-order valence-electron chi connectivity index (χ4n) is 3.19. The summed E-state index contributed by atoms with van der Waals surface area (Å²) in [5.41, 5.74) is 5.86. The highest BCUT2D eigenvalue weighted by Gasteiger charge is 2.40. The number of hydrogen-bond donors (Lipinski definition) is 5. The van der Waals surface area contributed by atoms with Crippen LogP contribution < -0.4 is 16.4 Å². The van der Waals surface area contributed by atoms with Gasteiger partial charge in [-0.2, -0.15) is 0 Å². The van der Waals surface area contributed by atoms with Gasteiger partial charge >= 0.3 is 11.9 Å². The first-order chi connectivity index (χ1) is 13.9. The molecule has 0 aliphatic carbocycles. The molecule has 1 fully saturated rings. The van der Waals surface area contributed by atoms with Crippen molar-refractivity contribution >= 4 is 29.7 Å². The molecular formula is C19H32N4O7. The predicted octanol–water partition coefficient (Wildman–Crippen LogP) is -0.854. The summed E-state index contributed by atoms with van der Waals surface area (Å²) in [6, 6.07) is -4.23. The third-order valence-electron chi connectivity index (χ3n) is 5.08. The molecule has 1 saturated heterocycles. The average Bonchev–Trinajstić information content (AvgIpc) is 3.13. The fraction of sp³-hybridized carbons (Fsp3) is 0.737. The second-order valence-electron chi connectivity index (χ2n) is 8.19. The number of hydrogen-bond acceptors (Lipinski definition) is 6. The Hall–Kier alpha value is -2.69. The van der Waals surface area contributed by atoms with Gasteiger partial charge in [0.25, 0.3) is 0 Å². The van der Waals surface area contributed by atoms with Gasteiger partial charge in [-0.05, 0) is 24.7 Å². The van der Waals surface area contributed by atoms with Crippen molar-refractivity contribution in [1.82, 2.24) is 15.5 Å². The molecule has 0 saturated carbocycles. The molecule has 170 valence electrons. The van der Waals surface area contributed by atoms with E-state index in [1.54, 1.807) is 27.7 Å². The highest BCUT2D eigenvalue weighted by atomic mass is 16.4. The van der Waals surface area contributed by atoms with Gasteiger partial charge in [0.05, 0.1) is 12.5 Å². The molecule has 6 N–H and O–H groups in total. The minimum atomic E-state index is -1.60. The second kappa shape index (κ2) is 10.9. The van der Waals surface area contributed by atoms with Crippen LogP contribution in [-0.4, -0.2) is 75.5 Å². The number of nitrogens with two attached hydrogens (primary N) is 1. The third kappa shape index (κ3) is 6.68. The molecule has 0 aromatic heterocycles. The smallest absolute Gasteiger partial charge is 0.326 e. The number of nitrogens with one attached hydrogen (secondary N) is 2. The molecular weight excluding hydrogens is 396 g/mol. The van der Waals surface area contributed by atoms with Crippen molar-refractivity contribution in [2.24, 2.45) is 17.6 Å². The molecule has 1 aliphatic heterocycles. The monoisotopic (exact) mass is 428 g/mol. The largest absolute Gasteiger partial charge is 0.481 e. The lowest BCUT2D eigenvalue weighted by Crippen LogP contribution is -2.58. The maximum absolute atomic E-state index is 13.1. The summed E-state index contributed by atoms with van der Waals surface area (Å²) in [5, 5.41) is 22.8. The van der Waals surface area contributed by atoms with Crippen LogP contribution in [0.2, 0.25) is 0 Å². The molecule has 3 amide bonds. The summed E-state index contributed by atoms with van der Waals surface area (Å²) in [6.07, 6.45) is 0.0471. The van der Waals surface area contributed by atoms with E-state index in [9.17, 15) is 24.0 Å². The maximum Gasteiger partial charge on any atom is 0.326 e. The summed E-state index contributed by atoms with van der Waals surface area (Å²) in [5.74, 6) is -4.91. The SMILES string of the molecule is CC(C)C(N)C(=O)NC(C(=O)N1CCCC1C(=O)NC(CC(=O)O)C(=O)O)C(C)C. The Bertz CT molecular complexity index is 680. The van der Waals surface area contributed by atoms with Crippen LogP contribution in [0.25, 0.3) is 0 Å². The minimum Gasteiger partial charge on any atom is -0.481 e. The molecule has 30 heavy (non-hydrogen) atoms. The van der Waals surface area contributed by atoms with Gasteiger partial charge in [-0.15, -0.1) is 0 Å². The molecule has 11 heteroatoms. The van der Waals surface area contributed by atoms with E-state index in [0.717, 1.165) is 0 Å². The Kier molecular flexibility index (Phi) is 9.22. The normalized spacial score (nSPS) is 19.3. The molecule has 0 radical (unpaired) electrons. The van der Waals surface area contributed by atoms with E-state index in [4.69, 9.17) is 15.9 Å². The molecule has 4 atom stereocenters. The van der Waals surface area contributed by atoms with E-state index in [-0.39, 0.29) is 18.4 Å². The number of carbonyl (C=O) groups is 5. The number of rotatable bonds is 10. The molecule has 1 aliphatic rings. The van der Waals surface area contributed by atoms with E-state index >= 15 is 0 Å². The van der Waals surface area contributed by atoms with Crippen LogP contribution >= 0.6 is 0 Å². The molecule has 1 heterocycles. The first kappa shape index (κ1) is 25.3. The van der Waals surface area contributed by atoms with Crippen molar-refractivity contribution in [2.75, 3.05) is 6.54 Å². The zero-order chi connectivity index (χ0) is 23.2.